The third-order valence-corrected chi connectivity index (χ3v) is 7.02. The number of nitrogens with zero attached hydrogens (tertiary/aromatic N) is 4. The van der Waals surface area contributed by atoms with Crippen LogP contribution in [0.15, 0.2) is 24.3 Å². The van der Waals surface area contributed by atoms with Crippen molar-refractivity contribution < 1.29 is 28.6 Å². The molecule has 1 unspecified atom stereocenters. The number of esters is 1. The quantitative estimate of drug-likeness (QED) is 0.236. The van der Waals surface area contributed by atoms with Crippen molar-refractivity contribution in [3.05, 3.63) is 29.8 Å². The van der Waals surface area contributed by atoms with Crippen molar-refractivity contribution in [2.45, 2.75) is 25.0 Å². The van der Waals surface area contributed by atoms with E-state index in [4.69, 9.17) is 19.6 Å². The molecule has 2 N–H and O–H groups in total. The minimum absolute atomic E-state index is 0.0577. The Morgan fingerprint density at radius 2 is 1.70 bits per heavy atom. The first-order valence-corrected chi connectivity index (χ1v) is 12.7. The van der Waals surface area contributed by atoms with Crippen LogP contribution in [0.4, 0.5) is 15.3 Å². The Bertz CT molecular complexity index is 972. The number of piperidine rings is 1. The molecule has 1 aromatic carbocycles. The fourth-order valence-corrected chi connectivity index (χ4v) is 4.76. The second kappa shape index (κ2) is 12.3. The van der Waals surface area contributed by atoms with Crippen LogP contribution in [0.3, 0.4) is 0 Å². The van der Waals surface area contributed by atoms with E-state index in [2.05, 4.69) is 20.0 Å². The number of likely N-dealkylation sites (tertiary alicyclic amines) is 1. The van der Waals surface area contributed by atoms with Gasteiger partial charge in [-0.3, -0.25) is 30.2 Å². The summed E-state index contributed by atoms with van der Waals surface area (Å²) in [7, 11) is 3.43. The maximum absolute atomic E-state index is 12.5. The lowest BCUT2D eigenvalue weighted by molar-refractivity contribution is -0.142. The first-order chi connectivity index (χ1) is 17.8. The smallest absolute Gasteiger partial charge is 0.414 e. The lowest BCUT2D eigenvalue weighted by Gasteiger charge is -2.34. The van der Waals surface area contributed by atoms with E-state index in [1.54, 1.807) is 29.2 Å². The number of piperazine rings is 1. The lowest BCUT2D eigenvalue weighted by Crippen LogP contribution is -2.50. The number of carbonyl (C=O) groups is 3. The van der Waals surface area contributed by atoms with Crippen molar-refractivity contribution >= 4 is 29.7 Å². The van der Waals surface area contributed by atoms with Gasteiger partial charge in [-0.1, -0.05) is 0 Å². The molecule has 0 aliphatic carbocycles. The predicted molar refractivity (Wildman–Crippen MR) is 136 cm³/mol. The number of hydrogen-bond acceptors (Lipinski definition) is 10. The number of cyclic esters (lactones) is 1. The molecule has 0 bridgehead atoms. The van der Waals surface area contributed by atoms with E-state index in [0.717, 1.165) is 52.1 Å². The lowest BCUT2D eigenvalue weighted by atomic mass is 10.1. The zero-order valence-corrected chi connectivity index (χ0v) is 21.5. The first-order valence-electron chi connectivity index (χ1n) is 12.7. The van der Waals surface area contributed by atoms with E-state index in [-0.39, 0.29) is 24.0 Å². The second-order valence-corrected chi connectivity index (χ2v) is 9.72. The van der Waals surface area contributed by atoms with Crippen molar-refractivity contribution in [3.63, 3.8) is 0 Å². The average molecular weight is 517 g/mol. The average Bonchev–Trinajstić information content (AvgIpc) is 3.26. The maximum atomic E-state index is 12.5. The largest absolute Gasteiger partial charge is 0.468 e. The summed E-state index contributed by atoms with van der Waals surface area (Å²) in [4.78, 5) is 44.2. The van der Waals surface area contributed by atoms with Gasteiger partial charge in [0, 0.05) is 57.1 Å². The van der Waals surface area contributed by atoms with Crippen LogP contribution in [-0.4, -0.2) is 124 Å². The van der Waals surface area contributed by atoms with Gasteiger partial charge < -0.3 is 19.1 Å². The molecule has 12 nitrogen and oxygen atoms in total. The van der Waals surface area contributed by atoms with Gasteiger partial charge in [0.2, 0.25) is 0 Å². The summed E-state index contributed by atoms with van der Waals surface area (Å²) in [5.74, 6) is -0.295. The molecule has 37 heavy (non-hydrogen) atoms. The molecule has 1 atom stereocenters. The zero-order valence-electron chi connectivity index (χ0n) is 21.5. The number of rotatable bonds is 7. The van der Waals surface area contributed by atoms with Crippen LogP contribution < -0.4 is 10.2 Å². The summed E-state index contributed by atoms with van der Waals surface area (Å²) in [5.41, 5.74) is 1.18. The standard InChI is InChI=1S/C25H36N6O6/c1-28-9-7-20(8-10-28)36-24(33)27-23(26)18-3-5-19(6-4-18)31-16-21(37-25(31)34)15-29-11-13-30(14-12-29)17-22(32)35-2/h3-6,20-21H,7-17H2,1-2H3,(H2,26,27,33). The van der Waals surface area contributed by atoms with Gasteiger partial charge in [0.25, 0.3) is 0 Å². The van der Waals surface area contributed by atoms with Crippen LogP contribution in [0, 0.1) is 5.41 Å². The van der Waals surface area contributed by atoms with E-state index >= 15 is 0 Å². The summed E-state index contributed by atoms with van der Waals surface area (Å²) in [6, 6.07) is 6.86. The van der Waals surface area contributed by atoms with Gasteiger partial charge in [0.1, 0.15) is 18.0 Å². The number of carbonyl (C=O) groups excluding carboxylic acids is 3. The van der Waals surface area contributed by atoms with Gasteiger partial charge in [-0.25, -0.2) is 9.59 Å². The number of anilines is 1. The molecule has 202 valence electrons. The third kappa shape index (κ3) is 7.40. The SMILES string of the molecule is COC(=O)CN1CCN(CC2CN(c3ccc(C(=N)NC(=O)OC4CCN(C)CC4)cc3)C(=O)O2)CC1. The minimum atomic E-state index is -0.624. The highest BCUT2D eigenvalue weighted by Gasteiger charge is 2.34. The Morgan fingerprint density at radius 3 is 2.35 bits per heavy atom. The van der Waals surface area contributed by atoms with Gasteiger partial charge >= 0.3 is 18.2 Å². The van der Waals surface area contributed by atoms with Crippen LogP contribution in [0.5, 0.6) is 0 Å². The van der Waals surface area contributed by atoms with Crippen LogP contribution in [0.2, 0.25) is 0 Å². The molecule has 3 saturated heterocycles. The molecular weight excluding hydrogens is 480 g/mol. The summed E-state index contributed by atoms with van der Waals surface area (Å²) in [6.07, 6.45) is 0.144. The molecule has 3 fully saturated rings. The number of amidine groups is 1. The van der Waals surface area contributed by atoms with Crippen molar-refractivity contribution in [2.24, 2.45) is 0 Å². The topological polar surface area (TPSA) is 128 Å². The van der Waals surface area contributed by atoms with E-state index in [1.165, 1.54) is 7.11 Å². The van der Waals surface area contributed by atoms with Gasteiger partial charge in [-0.15, -0.1) is 0 Å². The van der Waals surface area contributed by atoms with Crippen molar-refractivity contribution in [1.29, 1.82) is 5.41 Å². The maximum Gasteiger partial charge on any atom is 0.414 e. The monoisotopic (exact) mass is 516 g/mol. The van der Waals surface area contributed by atoms with E-state index < -0.39 is 12.2 Å². The molecule has 12 heteroatoms. The molecule has 0 aromatic heterocycles. The number of ether oxygens (including phenoxy) is 3. The Kier molecular flexibility index (Phi) is 8.95. The van der Waals surface area contributed by atoms with Crippen LogP contribution in [-0.2, 0) is 19.0 Å². The van der Waals surface area contributed by atoms with Crippen LogP contribution in [0.1, 0.15) is 18.4 Å². The Labute approximate surface area is 216 Å². The second-order valence-electron chi connectivity index (χ2n) is 9.72. The zero-order chi connectivity index (χ0) is 26.4. The number of hydrogen-bond donors (Lipinski definition) is 2. The van der Waals surface area contributed by atoms with E-state index in [9.17, 15) is 14.4 Å². The van der Waals surface area contributed by atoms with E-state index in [1.807, 2.05) is 7.05 Å². The highest BCUT2D eigenvalue weighted by Crippen LogP contribution is 2.23. The highest BCUT2D eigenvalue weighted by molar-refractivity contribution is 6.04. The minimum Gasteiger partial charge on any atom is -0.468 e. The third-order valence-electron chi connectivity index (χ3n) is 7.02. The summed E-state index contributed by atoms with van der Waals surface area (Å²) >= 11 is 0. The van der Waals surface area contributed by atoms with Gasteiger partial charge in [0.15, 0.2) is 0 Å². The van der Waals surface area contributed by atoms with Gasteiger partial charge in [-0.2, -0.15) is 0 Å². The molecule has 3 aliphatic rings. The fraction of sp³-hybridized carbons (Fsp3) is 0.600. The molecule has 3 aliphatic heterocycles. The van der Waals surface area contributed by atoms with Crippen molar-refractivity contribution in [1.82, 2.24) is 20.0 Å². The summed E-state index contributed by atoms with van der Waals surface area (Å²) in [5, 5.41) is 10.7. The van der Waals surface area contributed by atoms with Crippen LogP contribution >= 0.6 is 0 Å². The number of amides is 2. The molecular formula is C25H36N6O6. The number of benzene rings is 1. The Morgan fingerprint density at radius 1 is 1.05 bits per heavy atom. The van der Waals surface area contributed by atoms with Crippen molar-refractivity contribution in [2.75, 3.05) is 78.0 Å². The molecule has 3 heterocycles. The predicted octanol–water partition coefficient (Wildman–Crippen LogP) is 0.948. The first kappa shape index (κ1) is 26.8. The molecule has 0 saturated carbocycles. The Balaban J connectivity index is 1.22. The van der Waals surface area contributed by atoms with E-state index in [0.29, 0.717) is 30.9 Å². The van der Waals surface area contributed by atoms with Gasteiger partial charge in [-0.05, 0) is 44.2 Å². The van der Waals surface area contributed by atoms with Gasteiger partial charge in [0.05, 0.1) is 20.2 Å². The number of nitrogens with one attached hydrogen (secondary N) is 2. The number of alkyl carbamates (subject to hydrolysis) is 1. The highest BCUT2D eigenvalue weighted by atomic mass is 16.6. The Hall–Kier alpha value is -3.22. The summed E-state index contributed by atoms with van der Waals surface area (Å²) < 4.78 is 15.8. The molecule has 0 radical (unpaired) electrons. The van der Waals surface area contributed by atoms with Crippen LogP contribution in [0.25, 0.3) is 0 Å². The molecule has 1 aromatic rings. The normalized spacial score (nSPS) is 21.9. The molecule has 0 spiro atoms. The summed E-state index contributed by atoms with van der Waals surface area (Å²) in [6.45, 7) is 6.19. The van der Waals surface area contributed by atoms with Crippen molar-refractivity contribution in [3.8, 4) is 0 Å². The molecule has 2 amide bonds. The fourth-order valence-electron chi connectivity index (χ4n) is 4.76. The molecule has 4 rings (SSSR count). The number of methoxy groups -OCH3 is 1.